The predicted octanol–water partition coefficient (Wildman–Crippen LogP) is 2.32. The van der Waals surface area contributed by atoms with Crippen LogP contribution in [0.4, 0.5) is 4.39 Å². The monoisotopic (exact) mass is 266 g/mol. The van der Waals surface area contributed by atoms with Crippen molar-refractivity contribution in [3.05, 3.63) is 35.6 Å². The highest BCUT2D eigenvalue weighted by Gasteiger charge is 2.27. The predicted molar refractivity (Wildman–Crippen MR) is 74.4 cm³/mol. The van der Waals surface area contributed by atoms with E-state index in [-0.39, 0.29) is 18.0 Å². The minimum atomic E-state index is -0.249. The average Bonchev–Trinajstić information content (AvgIpc) is 2.82. The second-order valence-electron chi connectivity index (χ2n) is 5.33. The highest BCUT2D eigenvalue weighted by Crippen LogP contribution is 2.21. The summed E-state index contributed by atoms with van der Waals surface area (Å²) in [6, 6.07) is 6.95. The average molecular weight is 266 g/mol. The third-order valence-corrected chi connectivity index (χ3v) is 4.00. The fraction of sp³-hybridized carbons (Fsp3) is 0.600. The molecule has 1 aromatic carbocycles. The minimum absolute atomic E-state index is 0.213. The Morgan fingerprint density at radius 2 is 2.21 bits per heavy atom. The van der Waals surface area contributed by atoms with E-state index in [9.17, 15) is 4.39 Å². The summed E-state index contributed by atoms with van der Waals surface area (Å²) in [5.74, 6) is -0.213. The number of halogens is 1. The molecule has 3 nitrogen and oxygen atoms in total. The van der Waals surface area contributed by atoms with Crippen LogP contribution in [0.2, 0.25) is 0 Å². The molecule has 0 bridgehead atoms. The maximum Gasteiger partial charge on any atom is 0.127 e. The van der Waals surface area contributed by atoms with Gasteiger partial charge in [0.2, 0.25) is 0 Å². The van der Waals surface area contributed by atoms with Crippen molar-refractivity contribution in [2.45, 2.75) is 38.0 Å². The SMILES string of the molecule is CC1OCCC1N(C)CCC(N)c1ccccc1F. The van der Waals surface area contributed by atoms with Gasteiger partial charge in [-0.05, 0) is 32.9 Å². The molecule has 1 aliphatic rings. The van der Waals surface area contributed by atoms with Crippen LogP contribution in [0.3, 0.4) is 0 Å². The first-order chi connectivity index (χ1) is 9.09. The van der Waals surface area contributed by atoms with Crippen LogP contribution in [-0.2, 0) is 4.74 Å². The van der Waals surface area contributed by atoms with Gasteiger partial charge in [-0.15, -0.1) is 0 Å². The number of nitrogens with zero attached hydrogens (tertiary/aromatic N) is 1. The lowest BCUT2D eigenvalue weighted by Gasteiger charge is -2.27. The Morgan fingerprint density at radius 3 is 2.84 bits per heavy atom. The highest BCUT2D eigenvalue weighted by molar-refractivity contribution is 5.20. The molecule has 3 unspecified atom stereocenters. The molecule has 2 rings (SSSR count). The molecular weight excluding hydrogens is 243 g/mol. The van der Waals surface area contributed by atoms with Gasteiger partial charge in [0, 0.05) is 30.8 Å². The lowest BCUT2D eigenvalue weighted by molar-refractivity contribution is 0.0827. The van der Waals surface area contributed by atoms with E-state index >= 15 is 0 Å². The van der Waals surface area contributed by atoms with E-state index in [1.807, 2.05) is 6.07 Å². The Kier molecular flexibility index (Phi) is 4.91. The molecule has 2 N–H and O–H groups in total. The summed E-state index contributed by atoms with van der Waals surface area (Å²) >= 11 is 0. The van der Waals surface area contributed by atoms with Gasteiger partial charge in [-0.1, -0.05) is 18.2 Å². The molecule has 106 valence electrons. The van der Waals surface area contributed by atoms with E-state index < -0.39 is 0 Å². The van der Waals surface area contributed by atoms with E-state index in [4.69, 9.17) is 10.5 Å². The number of benzene rings is 1. The van der Waals surface area contributed by atoms with Gasteiger partial charge < -0.3 is 15.4 Å². The van der Waals surface area contributed by atoms with Crippen LogP contribution < -0.4 is 5.73 Å². The second-order valence-corrected chi connectivity index (χ2v) is 5.33. The molecule has 0 spiro atoms. The maximum absolute atomic E-state index is 13.6. The first-order valence-corrected chi connectivity index (χ1v) is 6.91. The number of rotatable bonds is 5. The number of likely N-dealkylation sites (N-methyl/N-ethyl adjacent to an activating group) is 1. The third-order valence-electron chi connectivity index (χ3n) is 4.00. The van der Waals surface area contributed by atoms with Gasteiger partial charge in [-0.25, -0.2) is 4.39 Å². The Morgan fingerprint density at radius 1 is 1.47 bits per heavy atom. The van der Waals surface area contributed by atoms with Gasteiger partial charge in [0.1, 0.15) is 5.82 Å². The van der Waals surface area contributed by atoms with Crippen molar-refractivity contribution in [1.82, 2.24) is 4.90 Å². The molecule has 0 saturated carbocycles. The van der Waals surface area contributed by atoms with Crippen LogP contribution in [0.5, 0.6) is 0 Å². The van der Waals surface area contributed by atoms with E-state index in [0.29, 0.717) is 11.6 Å². The largest absolute Gasteiger partial charge is 0.377 e. The van der Waals surface area contributed by atoms with Crippen LogP contribution in [0, 0.1) is 5.82 Å². The molecule has 1 aliphatic heterocycles. The van der Waals surface area contributed by atoms with Crippen molar-refractivity contribution in [1.29, 1.82) is 0 Å². The fourth-order valence-corrected chi connectivity index (χ4v) is 2.74. The van der Waals surface area contributed by atoms with E-state index in [1.165, 1.54) is 6.07 Å². The summed E-state index contributed by atoms with van der Waals surface area (Å²) < 4.78 is 19.2. The van der Waals surface area contributed by atoms with E-state index in [0.717, 1.165) is 26.0 Å². The van der Waals surface area contributed by atoms with Gasteiger partial charge in [0.15, 0.2) is 0 Å². The first kappa shape index (κ1) is 14.4. The third kappa shape index (κ3) is 3.53. The van der Waals surface area contributed by atoms with Crippen LogP contribution >= 0.6 is 0 Å². The molecule has 1 heterocycles. The molecule has 1 fully saturated rings. The van der Waals surface area contributed by atoms with Gasteiger partial charge in [-0.3, -0.25) is 0 Å². The summed E-state index contributed by atoms with van der Waals surface area (Å²) in [4.78, 5) is 2.28. The zero-order valence-electron chi connectivity index (χ0n) is 11.7. The molecule has 4 heteroatoms. The smallest absolute Gasteiger partial charge is 0.127 e. The van der Waals surface area contributed by atoms with Gasteiger partial charge in [0.05, 0.1) is 6.10 Å². The molecule has 1 aromatic rings. The summed E-state index contributed by atoms with van der Waals surface area (Å²) in [7, 11) is 2.09. The zero-order chi connectivity index (χ0) is 13.8. The summed E-state index contributed by atoms with van der Waals surface area (Å²) in [6.45, 7) is 3.79. The molecule has 3 atom stereocenters. The number of hydrogen-bond donors (Lipinski definition) is 1. The van der Waals surface area contributed by atoms with Crippen molar-refractivity contribution in [2.24, 2.45) is 5.73 Å². The van der Waals surface area contributed by atoms with Crippen molar-refractivity contribution < 1.29 is 9.13 Å². The van der Waals surface area contributed by atoms with Crippen molar-refractivity contribution >= 4 is 0 Å². The van der Waals surface area contributed by atoms with Gasteiger partial charge in [-0.2, -0.15) is 0 Å². The summed E-state index contributed by atoms with van der Waals surface area (Å²) in [5, 5.41) is 0. The Labute approximate surface area is 114 Å². The normalized spacial score (nSPS) is 24.9. The lowest BCUT2D eigenvalue weighted by atomic mass is 10.0. The summed E-state index contributed by atoms with van der Waals surface area (Å²) in [5.41, 5.74) is 6.68. The number of ether oxygens (including phenoxy) is 1. The van der Waals surface area contributed by atoms with E-state index in [1.54, 1.807) is 12.1 Å². The molecule has 0 radical (unpaired) electrons. The Balaban J connectivity index is 1.86. The van der Waals surface area contributed by atoms with Crippen molar-refractivity contribution in [3.8, 4) is 0 Å². The molecule has 19 heavy (non-hydrogen) atoms. The van der Waals surface area contributed by atoms with Crippen LogP contribution in [0.1, 0.15) is 31.4 Å². The van der Waals surface area contributed by atoms with Gasteiger partial charge >= 0.3 is 0 Å². The number of nitrogens with two attached hydrogens (primary N) is 1. The standard InChI is InChI=1S/C15H23FN2O/c1-11-15(8-10-19-11)18(2)9-7-14(17)12-5-3-4-6-13(12)16/h3-6,11,14-15H,7-10,17H2,1-2H3. The van der Waals surface area contributed by atoms with Crippen LogP contribution in [0.25, 0.3) is 0 Å². The van der Waals surface area contributed by atoms with E-state index in [2.05, 4.69) is 18.9 Å². The van der Waals surface area contributed by atoms with Crippen LogP contribution in [0.15, 0.2) is 24.3 Å². The first-order valence-electron chi connectivity index (χ1n) is 6.91. The minimum Gasteiger partial charge on any atom is -0.377 e. The fourth-order valence-electron chi connectivity index (χ4n) is 2.74. The molecule has 0 aromatic heterocycles. The van der Waals surface area contributed by atoms with Crippen LogP contribution in [-0.4, -0.2) is 37.2 Å². The quantitative estimate of drug-likeness (QED) is 0.889. The summed E-state index contributed by atoms with van der Waals surface area (Å²) in [6.07, 6.45) is 2.09. The van der Waals surface area contributed by atoms with Gasteiger partial charge in [0.25, 0.3) is 0 Å². The lowest BCUT2D eigenvalue weighted by Crippen LogP contribution is -2.38. The second kappa shape index (κ2) is 6.46. The maximum atomic E-state index is 13.6. The Bertz CT molecular complexity index is 413. The topological polar surface area (TPSA) is 38.5 Å². The van der Waals surface area contributed by atoms with Crippen molar-refractivity contribution in [3.63, 3.8) is 0 Å². The molecular formula is C15H23FN2O. The van der Waals surface area contributed by atoms with Crippen molar-refractivity contribution in [2.75, 3.05) is 20.2 Å². The molecule has 0 aliphatic carbocycles. The molecule has 1 saturated heterocycles. The Hall–Kier alpha value is -0.970. The highest BCUT2D eigenvalue weighted by atomic mass is 19.1. The number of hydrogen-bond acceptors (Lipinski definition) is 3. The molecule has 0 amide bonds. The zero-order valence-corrected chi connectivity index (χ0v) is 11.7.